The Balaban J connectivity index is 1.68. The number of nitrogens with one attached hydrogen (secondary N) is 1. The molecule has 1 saturated heterocycles. The number of benzene rings is 2. The number of amides is 1. The van der Waals surface area contributed by atoms with Crippen molar-refractivity contribution >= 4 is 17.3 Å². The molecule has 0 bridgehead atoms. The third-order valence-electron chi connectivity index (χ3n) is 5.33. The molecular formula is C22H27F2N3O. The van der Waals surface area contributed by atoms with Gasteiger partial charge in [-0.05, 0) is 57.0 Å². The molecule has 1 aliphatic heterocycles. The van der Waals surface area contributed by atoms with E-state index in [1.165, 1.54) is 24.9 Å². The molecule has 1 fully saturated rings. The monoisotopic (exact) mass is 387 g/mol. The van der Waals surface area contributed by atoms with Gasteiger partial charge in [0, 0.05) is 31.4 Å². The Morgan fingerprint density at radius 3 is 2.61 bits per heavy atom. The van der Waals surface area contributed by atoms with Crippen LogP contribution in [0.1, 0.15) is 31.7 Å². The van der Waals surface area contributed by atoms with Gasteiger partial charge in [-0.3, -0.25) is 9.69 Å². The van der Waals surface area contributed by atoms with Crippen LogP contribution in [0, 0.1) is 11.6 Å². The number of carbonyl (C=O) groups is 1. The topological polar surface area (TPSA) is 35.6 Å². The van der Waals surface area contributed by atoms with E-state index in [9.17, 15) is 13.6 Å². The molecule has 0 radical (unpaired) electrons. The number of hydrogen-bond acceptors (Lipinski definition) is 3. The zero-order chi connectivity index (χ0) is 20.1. The van der Waals surface area contributed by atoms with Gasteiger partial charge in [-0.25, -0.2) is 8.78 Å². The molecule has 0 spiro atoms. The summed E-state index contributed by atoms with van der Waals surface area (Å²) in [4.78, 5) is 16.9. The van der Waals surface area contributed by atoms with Crippen LogP contribution in [0.25, 0.3) is 0 Å². The fourth-order valence-electron chi connectivity index (χ4n) is 3.52. The summed E-state index contributed by atoms with van der Waals surface area (Å²) in [5, 5.41) is 2.49. The summed E-state index contributed by atoms with van der Waals surface area (Å²) >= 11 is 0. The van der Waals surface area contributed by atoms with Crippen molar-refractivity contribution in [1.29, 1.82) is 0 Å². The molecule has 150 valence electrons. The van der Waals surface area contributed by atoms with Gasteiger partial charge < -0.3 is 10.2 Å². The van der Waals surface area contributed by atoms with Crippen molar-refractivity contribution in [2.75, 3.05) is 30.4 Å². The first-order valence-corrected chi connectivity index (χ1v) is 9.74. The van der Waals surface area contributed by atoms with Crippen molar-refractivity contribution in [3.63, 3.8) is 0 Å². The van der Waals surface area contributed by atoms with Crippen LogP contribution in [0.3, 0.4) is 0 Å². The highest BCUT2D eigenvalue weighted by Crippen LogP contribution is 2.25. The van der Waals surface area contributed by atoms with Crippen molar-refractivity contribution in [3.05, 3.63) is 59.7 Å². The smallest absolute Gasteiger partial charge is 0.241 e. The molecule has 28 heavy (non-hydrogen) atoms. The van der Waals surface area contributed by atoms with Gasteiger partial charge in [0.25, 0.3) is 0 Å². The van der Waals surface area contributed by atoms with E-state index in [2.05, 4.69) is 22.3 Å². The minimum Gasteiger partial charge on any atom is -0.371 e. The fraction of sp³-hybridized carbons (Fsp3) is 0.409. The second-order valence-corrected chi connectivity index (χ2v) is 7.38. The van der Waals surface area contributed by atoms with Gasteiger partial charge in [0.15, 0.2) is 0 Å². The predicted octanol–water partition coefficient (Wildman–Crippen LogP) is 4.41. The Morgan fingerprint density at radius 2 is 1.86 bits per heavy atom. The van der Waals surface area contributed by atoms with E-state index < -0.39 is 17.7 Å². The average molecular weight is 387 g/mol. The lowest BCUT2D eigenvalue weighted by Crippen LogP contribution is -2.40. The molecule has 2 aromatic carbocycles. The number of carbonyl (C=O) groups excluding carboxylic acids is 1. The average Bonchev–Trinajstić information content (AvgIpc) is 2.71. The van der Waals surface area contributed by atoms with Gasteiger partial charge in [-0.15, -0.1) is 0 Å². The number of anilines is 2. The zero-order valence-electron chi connectivity index (χ0n) is 16.4. The van der Waals surface area contributed by atoms with E-state index in [1.54, 1.807) is 6.92 Å². The van der Waals surface area contributed by atoms with Crippen LogP contribution in [0.4, 0.5) is 20.2 Å². The lowest BCUT2D eigenvalue weighted by molar-refractivity contribution is -0.120. The summed E-state index contributed by atoms with van der Waals surface area (Å²) in [5.41, 5.74) is 2.22. The summed E-state index contributed by atoms with van der Waals surface area (Å²) in [5.74, 6) is -1.62. The van der Waals surface area contributed by atoms with E-state index >= 15 is 0 Å². The molecule has 1 aliphatic rings. The molecule has 0 saturated carbocycles. The molecule has 4 nitrogen and oxygen atoms in total. The molecule has 1 atom stereocenters. The Labute approximate surface area is 165 Å². The maximum atomic E-state index is 13.8. The molecule has 3 rings (SSSR count). The maximum absolute atomic E-state index is 13.8. The largest absolute Gasteiger partial charge is 0.371 e. The second kappa shape index (κ2) is 9.15. The molecule has 1 heterocycles. The summed E-state index contributed by atoms with van der Waals surface area (Å²) in [6.07, 6.45) is 3.66. The number of piperidine rings is 1. The Hall–Kier alpha value is -2.47. The van der Waals surface area contributed by atoms with E-state index in [1.807, 2.05) is 24.1 Å². The highest BCUT2D eigenvalue weighted by molar-refractivity contribution is 5.94. The molecular weight excluding hydrogens is 360 g/mol. The van der Waals surface area contributed by atoms with E-state index in [0.717, 1.165) is 36.9 Å². The van der Waals surface area contributed by atoms with Gasteiger partial charge in [-0.1, -0.05) is 18.2 Å². The second-order valence-electron chi connectivity index (χ2n) is 7.38. The van der Waals surface area contributed by atoms with Crippen molar-refractivity contribution in [2.24, 2.45) is 0 Å². The molecule has 1 N–H and O–H groups in total. The molecule has 0 aliphatic carbocycles. The first-order chi connectivity index (χ1) is 13.5. The van der Waals surface area contributed by atoms with Crippen LogP contribution >= 0.6 is 0 Å². The Kier molecular flexibility index (Phi) is 6.62. The Bertz CT molecular complexity index is 821. The van der Waals surface area contributed by atoms with Gasteiger partial charge in [-0.2, -0.15) is 0 Å². The predicted molar refractivity (Wildman–Crippen MR) is 108 cm³/mol. The fourth-order valence-corrected chi connectivity index (χ4v) is 3.52. The third-order valence-corrected chi connectivity index (χ3v) is 5.33. The van der Waals surface area contributed by atoms with Crippen LogP contribution in [0.2, 0.25) is 0 Å². The lowest BCUT2D eigenvalue weighted by Gasteiger charge is -2.32. The summed E-state index contributed by atoms with van der Waals surface area (Å²) in [6, 6.07) is 10.8. The highest BCUT2D eigenvalue weighted by atomic mass is 19.1. The number of hydrogen-bond donors (Lipinski definition) is 1. The number of halogens is 2. The quantitative estimate of drug-likeness (QED) is 0.797. The standard InChI is InChI=1S/C22H27F2N3O/c1-16(22(28)25-20-14-18(23)10-11-19(20)24)26(2)15-17-8-4-5-9-21(17)27-12-6-3-7-13-27/h4-5,8-11,14,16H,3,6-7,12-13,15H2,1-2H3,(H,25,28)/t16-/m1/s1. The number of rotatable bonds is 6. The van der Waals surface area contributed by atoms with Crippen LogP contribution < -0.4 is 10.2 Å². The molecule has 2 aromatic rings. The van der Waals surface area contributed by atoms with E-state index in [0.29, 0.717) is 6.54 Å². The Morgan fingerprint density at radius 1 is 1.14 bits per heavy atom. The normalized spacial score (nSPS) is 15.5. The molecule has 1 amide bonds. The molecule has 6 heteroatoms. The first-order valence-electron chi connectivity index (χ1n) is 9.74. The maximum Gasteiger partial charge on any atom is 0.241 e. The first kappa shape index (κ1) is 20.3. The third kappa shape index (κ3) is 4.87. The zero-order valence-corrected chi connectivity index (χ0v) is 16.4. The van der Waals surface area contributed by atoms with Crippen molar-refractivity contribution < 1.29 is 13.6 Å². The minimum absolute atomic E-state index is 0.140. The number of likely N-dealkylation sites (N-methyl/N-ethyl adjacent to an activating group) is 1. The summed E-state index contributed by atoms with van der Waals surface area (Å²) < 4.78 is 27.1. The van der Waals surface area contributed by atoms with Gasteiger partial charge in [0.05, 0.1) is 11.7 Å². The summed E-state index contributed by atoms with van der Waals surface area (Å²) in [7, 11) is 1.86. The molecule has 0 unspecified atom stereocenters. The lowest BCUT2D eigenvalue weighted by atomic mass is 10.1. The van der Waals surface area contributed by atoms with Gasteiger partial charge in [0.1, 0.15) is 11.6 Å². The number of para-hydroxylation sites is 1. The van der Waals surface area contributed by atoms with Gasteiger partial charge >= 0.3 is 0 Å². The minimum atomic E-state index is -0.653. The van der Waals surface area contributed by atoms with Crippen molar-refractivity contribution in [1.82, 2.24) is 4.90 Å². The summed E-state index contributed by atoms with van der Waals surface area (Å²) in [6.45, 7) is 4.45. The SMILES string of the molecule is C[C@H](C(=O)Nc1cc(F)ccc1F)N(C)Cc1ccccc1N1CCCCC1. The van der Waals surface area contributed by atoms with Gasteiger partial charge in [0.2, 0.25) is 5.91 Å². The van der Waals surface area contributed by atoms with E-state index in [-0.39, 0.29) is 11.6 Å². The van der Waals surface area contributed by atoms with Crippen LogP contribution in [0.15, 0.2) is 42.5 Å². The van der Waals surface area contributed by atoms with Crippen LogP contribution in [-0.2, 0) is 11.3 Å². The highest BCUT2D eigenvalue weighted by Gasteiger charge is 2.22. The van der Waals surface area contributed by atoms with Crippen LogP contribution in [-0.4, -0.2) is 37.0 Å². The number of nitrogens with zero attached hydrogens (tertiary/aromatic N) is 2. The van der Waals surface area contributed by atoms with Crippen LogP contribution in [0.5, 0.6) is 0 Å². The molecule has 0 aromatic heterocycles. The van der Waals surface area contributed by atoms with Crippen molar-refractivity contribution in [3.8, 4) is 0 Å². The van der Waals surface area contributed by atoms with E-state index in [4.69, 9.17) is 0 Å². The van der Waals surface area contributed by atoms with Crippen molar-refractivity contribution in [2.45, 2.75) is 38.8 Å².